The Balaban J connectivity index is 1.57. The van der Waals surface area contributed by atoms with E-state index in [4.69, 9.17) is 0 Å². The molecule has 4 nitrogen and oxygen atoms in total. The summed E-state index contributed by atoms with van der Waals surface area (Å²) in [5.74, 6) is -1.46. The number of piperidine rings is 1. The van der Waals surface area contributed by atoms with E-state index in [0.29, 0.717) is 6.07 Å². The van der Waals surface area contributed by atoms with Crippen molar-refractivity contribution in [3.63, 3.8) is 0 Å². The molecule has 0 amide bonds. The van der Waals surface area contributed by atoms with Crippen LogP contribution >= 0.6 is 0 Å². The molecular formula is C20H24F2N2O2S. The number of halogens is 2. The van der Waals surface area contributed by atoms with Crippen molar-refractivity contribution in [3.05, 3.63) is 65.2 Å². The van der Waals surface area contributed by atoms with Crippen LogP contribution < -0.4 is 4.72 Å². The van der Waals surface area contributed by atoms with Crippen LogP contribution in [-0.2, 0) is 23.1 Å². The maximum atomic E-state index is 13.3. The summed E-state index contributed by atoms with van der Waals surface area (Å²) in [6, 6.07) is 10.3. The van der Waals surface area contributed by atoms with Crippen molar-refractivity contribution in [1.29, 1.82) is 0 Å². The fraction of sp³-hybridized carbons (Fsp3) is 0.400. The number of nitrogens with zero attached hydrogens (tertiary/aromatic N) is 1. The van der Waals surface area contributed by atoms with Gasteiger partial charge in [0.25, 0.3) is 0 Å². The second kappa shape index (κ2) is 8.46. The molecule has 1 heterocycles. The highest BCUT2D eigenvalue weighted by Gasteiger charge is 2.17. The van der Waals surface area contributed by atoms with Crippen molar-refractivity contribution in [2.24, 2.45) is 5.92 Å². The van der Waals surface area contributed by atoms with Crippen LogP contribution in [-0.4, -0.2) is 26.4 Å². The van der Waals surface area contributed by atoms with Gasteiger partial charge in [0.05, 0.1) is 4.90 Å². The SMILES string of the molecule is CC1CCN(Cc2ccc(CNS(=O)(=O)c3ccc(F)c(F)c3)cc2)CC1. The molecule has 2 aromatic carbocycles. The van der Waals surface area contributed by atoms with Crippen LogP contribution in [0, 0.1) is 17.6 Å². The summed E-state index contributed by atoms with van der Waals surface area (Å²) in [6.07, 6.45) is 2.45. The molecule has 146 valence electrons. The van der Waals surface area contributed by atoms with E-state index in [9.17, 15) is 17.2 Å². The van der Waals surface area contributed by atoms with Gasteiger partial charge in [0, 0.05) is 13.1 Å². The van der Waals surface area contributed by atoms with Crippen molar-refractivity contribution < 1.29 is 17.2 Å². The predicted molar refractivity (Wildman–Crippen MR) is 101 cm³/mol. The van der Waals surface area contributed by atoms with Gasteiger partial charge in [0.15, 0.2) is 11.6 Å². The van der Waals surface area contributed by atoms with Crippen LogP contribution in [0.1, 0.15) is 30.9 Å². The van der Waals surface area contributed by atoms with Gasteiger partial charge in [-0.2, -0.15) is 0 Å². The predicted octanol–water partition coefficient (Wildman–Crippen LogP) is 3.68. The van der Waals surface area contributed by atoms with Gasteiger partial charge in [-0.25, -0.2) is 21.9 Å². The normalized spacial score (nSPS) is 16.6. The summed E-state index contributed by atoms with van der Waals surface area (Å²) < 4.78 is 53.1. The van der Waals surface area contributed by atoms with Gasteiger partial charge >= 0.3 is 0 Å². The van der Waals surface area contributed by atoms with Gasteiger partial charge < -0.3 is 0 Å². The molecule has 27 heavy (non-hydrogen) atoms. The first kappa shape index (κ1) is 19.9. The second-order valence-corrected chi connectivity index (χ2v) is 8.94. The van der Waals surface area contributed by atoms with Crippen LogP contribution in [0.2, 0.25) is 0 Å². The van der Waals surface area contributed by atoms with E-state index in [1.54, 1.807) is 0 Å². The Labute approximate surface area is 159 Å². The minimum atomic E-state index is -3.90. The first-order chi connectivity index (χ1) is 12.8. The van der Waals surface area contributed by atoms with Crippen LogP contribution in [0.4, 0.5) is 8.78 Å². The molecule has 0 atom stereocenters. The van der Waals surface area contributed by atoms with Crippen molar-refractivity contribution >= 4 is 10.0 Å². The maximum absolute atomic E-state index is 13.3. The lowest BCUT2D eigenvalue weighted by molar-refractivity contribution is 0.185. The van der Waals surface area contributed by atoms with Gasteiger partial charge in [-0.15, -0.1) is 0 Å². The zero-order valence-corrected chi connectivity index (χ0v) is 16.1. The number of hydrogen-bond donors (Lipinski definition) is 1. The van der Waals surface area contributed by atoms with E-state index in [-0.39, 0.29) is 11.4 Å². The van der Waals surface area contributed by atoms with E-state index >= 15 is 0 Å². The molecular weight excluding hydrogens is 370 g/mol. The monoisotopic (exact) mass is 394 g/mol. The van der Waals surface area contributed by atoms with Crippen molar-refractivity contribution in [1.82, 2.24) is 9.62 Å². The summed E-state index contributed by atoms with van der Waals surface area (Å²) in [6.45, 7) is 5.48. The number of likely N-dealkylation sites (tertiary alicyclic amines) is 1. The summed E-state index contributed by atoms with van der Waals surface area (Å²) in [5.41, 5.74) is 1.99. The van der Waals surface area contributed by atoms with E-state index in [2.05, 4.69) is 16.5 Å². The highest BCUT2D eigenvalue weighted by molar-refractivity contribution is 7.89. The maximum Gasteiger partial charge on any atom is 0.240 e. The Morgan fingerprint density at radius 2 is 1.63 bits per heavy atom. The lowest BCUT2D eigenvalue weighted by Gasteiger charge is -2.30. The average Bonchev–Trinajstić information content (AvgIpc) is 2.65. The van der Waals surface area contributed by atoms with Gasteiger partial charge in [0.2, 0.25) is 10.0 Å². The molecule has 7 heteroatoms. The number of rotatable bonds is 6. The third-order valence-electron chi connectivity index (χ3n) is 4.97. The average molecular weight is 394 g/mol. The smallest absolute Gasteiger partial charge is 0.240 e. The van der Waals surface area contributed by atoms with Gasteiger partial charge in [-0.05, 0) is 61.2 Å². The molecule has 1 aliphatic rings. The fourth-order valence-electron chi connectivity index (χ4n) is 3.15. The first-order valence-electron chi connectivity index (χ1n) is 9.08. The molecule has 1 N–H and O–H groups in total. The topological polar surface area (TPSA) is 49.4 Å². The largest absolute Gasteiger partial charge is 0.299 e. The quantitative estimate of drug-likeness (QED) is 0.813. The van der Waals surface area contributed by atoms with Crippen LogP contribution in [0.3, 0.4) is 0 Å². The summed E-state index contributed by atoms with van der Waals surface area (Å²) >= 11 is 0. The van der Waals surface area contributed by atoms with Crippen molar-refractivity contribution in [2.75, 3.05) is 13.1 Å². The molecule has 0 radical (unpaired) electrons. The summed E-state index contributed by atoms with van der Waals surface area (Å²) in [7, 11) is -3.90. The van der Waals surface area contributed by atoms with E-state index in [0.717, 1.165) is 43.2 Å². The third kappa shape index (κ3) is 5.34. The Morgan fingerprint density at radius 1 is 1.00 bits per heavy atom. The molecule has 0 spiro atoms. The molecule has 0 saturated carbocycles. The number of benzene rings is 2. The number of sulfonamides is 1. The van der Waals surface area contributed by atoms with Gasteiger partial charge in [0.1, 0.15) is 0 Å². The van der Waals surface area contributed by atoms with E-state index in [1.807, 2.05) is 24.3 Å². The molecule has 0 aliphatic carbocycles. The zero-order chi connectivity index (χ0) is 19.4. The highest BCUT2D eigenvalue weighted by Crippen LogP contribution is 2.19. The van der Waals surface area contributed by atoms with Gasteiger partial charge in [-0.1, -0.05) is 31.2 Å². The van der Waals surface area contributed by atoms with E-state index < -0.39 is 21.7 Å². The van der Waals surface area contributed by atoms with Gasteiger partial charge in [-0.3, -0.25) is 4.90 Å². The molecule has 0 unspecified atom stereocenters. The molecule has 2 aromatic rings. The number of nitrogens with one attached hydrogen (secondary N) is 1. The van der Waals surface area contributed by atoms with Crippen molar-refractivity contribution in [2.45, 2.75) is 37.8 Å². The molecule has 1 saturated heterocycles. The second-order valence-electron chi connectivity index (χ2n) is 7.18. The summed E-state index contributed by atoms with van der Waals surface area (Å²) in [4.78, 5) is 2.14. The molecule has 1 aliphatic heterocycles. The molecule has 1 fully saturated rings. The minimum Gasteiger partial charge on any atom is -0.299 e. The fourth-order valence-corrected chi connectivity index (χ4v) is 4.18. The Morgan fingerprint density at radius 3 is 2.26 bits per heavy atom. The lowest BCUT2D eigenvalue weighted by Crippen LogP contribution is -2.32. The molecule has 3 rings (SSSR count). The van der Waals surface area contributed by atoms with Crippen LogP contribution in [0.5, 0.6) is 0 Å². The van der Waals surface area contributed by atoms with E-state index in [1.165, 1.54) is 18.4 Å². The third-order valence-corrected chi connectivity index (χ3v) is 6.37. The zero-order valence-electron chi connectivity index (χ0n) is 15.3. The standard InChI is InChI=1S/C20H24F2N2O2S/c1-15-8-10-24(11-9-15)14-17-4-2-16(3-5-17)13-23-27(25,26)18-6-7-19(21)20(22)12-18/h2-7,12,15,23H,8-11,13-14H2,1H3. The highest BCUT2D eigenvalue weighted by atomic mass is 32.2. The summed E-state index contributed by atoms with van der Waals surface area (Å²) in [5, 5.41) is 0. The van der Waals surface area contributed by atoms with Crippen molar-refractivity contribution in [3.8, 4) is 0 Å². The Kier molecular flexibility index (Phi) is 6.24. The van der Waals surface area contributed by atoms with Crippen LogP contribution in [0.15, 0.2) is 47.4 Å². The lowest BCUT2D eigenvalue weighted by atomic mass is 9.99. The first-order valence-corrected chi connectivity index (χ1v) is 10.6. The number of hydrogen-bond acceptors (Lipinski definition) is 3. The molecule has 0 aromatic heterocycles. The molecule has 0 bridgehead atoms. The minimum absolute atomic E-state index is 0.0861. The Hall–Kier alpha value is -1.83. The van der Waals surface area contributed by atoms with Crippen LogP contribution in [0.25, 0.3) is 0 Å². The Bertz CT molecular complexity index is 877.